The van der Waals surface area contributed by atoms with Gasteiger partial charge in [-0.1, -0.05) is 0 Å². The Morgan fingerprint density at radius 3 is 2.35 bits per heavy atom. The van der Waals surface area contributed by atoms with Crippen molar-refractivity contribution in [2.45, 2.75) is 45.2 Å². The van der Waals surface area contributed by atoms with Crippen LogP contribution in [0.15, 0.2) is 0 Å². The monoisotopic (exact) mass is 338 g/mol. The predicted molar refractivity (Wildman–Crippen MR) is 78.8 cm³/mol. The molecule has 8 heteroatoms. The van der Waals surface area contributed by atoms with E-state index in [4.69, 9.17) is 0 Å². The first-order chi connectivity index (χ1) is 10.8. The molecule has 0 spiro atoms. The summed E-state index contributed by atoms with van der Waals surface area (Å²) in [6.45, 7) is 4.44. The van der Waals surface area contributed by atoms with Crippen molar-refractivity contribution in [1.82, 2.24) is 9.80 Å². The van der Waals surface area contributed by atoms with Crippen molar-refractivity contribution >= 4 is 11.9 Å². The largest absolute Gasteiger partial charge is 0.471 e. The molecule has 0 aromatic carbocycles. The van der Waals surface area contributed by atoms with E-state index in [1.54, 1.807) is 6.92 Å². The number of unbranched alkanes of at least 4 members (excludes halogenated alkanes) is 1. The standard InChI is InChI=1S/C15H25F3N2O3/c1-2-23-13(21)7-12-20(14(22)15(16,17)18)11-6-5-10-19-8-3-4-9-19/h2-12H2,1H3. The molecule has 0 radical (unpaired) electrons. The molecule has 1 amide bonds. The minimum absolute atomic E-state index is 0.00554. The lowest BCUT2D eigenvalue weighted by Gasteiger charge is -2.24. The summed E-state index contributed by atoms with van der Waals surface area (Å²) in [5.41, 5.74) is 0. The molecule has 0 bridgehead atoms. The highest BCUT2D eigenvalue weighted by molar-refractivity contribution is 5.82. The number of hydrogen-bond acceptors (Lipinski definition) is 4. The van der Waals surface area contributed by atoms with Crippen molar-refractivity contribution in [3.63, 3.8) is 0 Å². The van der Waals surface area contributed by atoms with Crippen molar-refractivity contribution in [3.8, 4) is 0 Å². The molecule has 1 saturated heterocycles. The SMILES string of the molecule is CCOC(=O)CCN(CCCCN1CCCC1)C(=O)C(F)(F)F. The number of carbonyl (C=O) groups excluding carboxylic acids is 2. The lowest BCUT2D eigenvalue weighted by atomic mass is 10.2. The average Bonchev–Trinajstić information content (AvgIpc) is 2.98. The van der Waals surface area contributed by atoms with E-state index in [0.29, 0.717) is 11.3 Å². The normalized spacial score (nSPS) is 15.7. The molecule has 1 heterocycles. The zero-order valence-electron chi connectivity index (χ0n) is 13.5. The third kappa shape index (κ3) is 7.67. The van der Waals surface area contributed by atoms with Crippen molar-refractivity contribution in [3.05, 3.63) is 0 Å². The van der Waals surface area contributed by atoms with Gasteiger partial charge < -0.3 is 14.5 Å². The maximum absolute atomic E-state index is 12.6. The first kappa shape index (κ1) is 19.7. The Morgan fingerprint density at radius 1 is 1.13 bits per heavy atom. The number of carbonyl (C=O) groups is 2. The van der Waals surface area contributed by atoms with Gasteiger partial charge in [-0.3, -0.25) is 9.59 Å². The molecular formula is C15H25F3N2O3. The Balaban J connectivity index is 2.39. The highest BCUT2D eigenvalue weighted by Crippen LogP contribution is 2.19. The fourth-order valence-corrected chi connectivity index (χ4v) is 2.60. The molecule has 23 heavy (non-hydrogen) atoms. The number of rotatable bonds is 9. The highest BCUT2D eigenvalue weighted by atomic mass is 19.4. The third-order valence-corrected chi connectivity index (χ3v) is 3.77. The van der Waals surface area contributed by atoms with E-state index in [0.717, 1.165) is 38.9 Å². The molecule has 1 aliphatic heterocycles. The molecule has 1 fully saturated rings. The van der Waals surface area contributed by atoms with Crippen LogP contribution in [0.25, 0.3) is 0 Å². The van der Waals surface area contributed by atoms with Crippen LogP contribution in [0.1, 0.15) is 39.0 Å². The summed E-state index contributed by atoms with van der Waals surface area (Å²) in [6, 6.07) is 0. The predicted octanol–water partition coefficient (Wildman–Crippen LogP) is 2.21. The topological polar surface area (TPSA) is 49.9 Å². The van der Waals surface area contributed by atoms with Gasteiger partial charge in [-0.2, -0.15) is 13.2 Å². The molecular weight excluding hydrogens is 313 g/mol. The van der Waals surface area contributed by atoms with Gasteiger partial charge >= 0.3 is 18.1 Å². The molecule has 0 aromatic rings. The second-order valence-corrected chi connectivity index (χ2v) is 5.60. The summed E-state index contributed by atoms with van der Waals surface area (Å²) in [5.74, 6) is -2.48. The second kappa shape index (κ2) is 9.75. The Morgan fingerprint density at radius 2 is 1.78 bits per heavy atom. The number of esters is 1. The molecule has 0 aliphatic carbocycles. The third-order valence-electron chi connectivity index (χ3n) is 3.77. The zero-order valence-corrected chi connectivity index (χ0v) is 13.5. The van der Waals surface area contributed by atoms with Gasteiger partial charge in [0.2, 0.25) is 0 Å². The molecule has 0 atom stereocenters. The molecule has 134 valence electrons. The second-order valence-electron chi connectivity index (χ2n) is 5.60. The van der Waals surface area contributed by atoms with Crippen molar-refractivity contribution in [2.24, 2.45) is 0 Å². The Hall–Kier alpha value is -1.31. The van der Waals surface area contributed by atoms with Crippen LogP contribution >= 0.6 is 0 Å². The summed E-state index contributed by atoms with van der Waals surface area (Å²) >= 11 is 0. The Labute approximate surface area is 134 Å². The number of ether oxygens (including phenoxy) is 1. The molecule has 1 rings (SSSR count). The first-order valence-electron chi connectivity index (χ1n) is 8.08. The number of amides is 1. The molecule has 5 nitrogen and oxygen atoms in total. The van der Waals surface area contributed by atoms with Crippen LogP contribution in [0.2, 0.25) is 0 Å². The Bertz CT molecular complexity index is 383. The summed E-state index contributed by atoms with van der Waals surface area (Å²) in [6.07, 6.45) is -1.58. The first-order valence-corrected chi connectivity index (χ1v) is 8.08. The fraction of sp³-hybridized carbons (Fsp3) is 0.867. The van der Waals surface area contributed by atoms with Crippen LogP contribution in [0.3, 0.4) is 0 Å². The Kier molecular flexibility index (Phi) is 8.36. The van der Waals surface area contributed by atoms with E-state index >= 15 is 0 Å². The summed E-state index contributed by atoms with van der Waals surface area (Å²) < 4.78 is 42.5. The molecule has 0 saturated carbocycles. The minimum Gasteiger partial charge on any atom is -0.466 e. The van der Waals surface area contributed by atoms with E-state index in [2.05, 4.69) is 9.64 Å². The van der Waals surface area contributed by atoms with Gasteiger partial charge in [0.05, 0.1) is 13.0 Å². The van der Waals surface area contributed by atoms with Gasteiger partial charge in [-0.25, -0.2) is 0 Å². The molecule has 0 N–H and O–H groups in total. The van der Waals surface area contributed by atoms with Gasteiger partial charge in [-0.15, -0.1) is 0 Å². The highest BCUT2D eigenvalue weighted by Gasteiger charge is 2.42. The summed E-state index contributed by atoms with van der Waals surface area (Å²) in [7, 11) is 0. The van der Waals surface area contributed by atoms with E-state index in [1.165, 1.54) is 0 Å². The van der Waals surface area contributed by atoms with Crippen LogP contribution in [0.5, 0.6) is 0 Å². The lowest BCUT2D eigenvalue weighted by Crippen LogP contribution is -2.43. The minimum atomic E-state index is -4.91. The van der Waals surface area contributed by atoms with Gasteiger partial charge in [-0.05, 0) is 52.2 Å². The van der Waals surface area contributed by atoms with Gasteiger partial charge in [0, 0.05) is 13.1 Å². The smallest absolute Gasteiger partial charge is 0.466 e. The van der Waals surface area contributed by atoms with E-state index in [1.807, 2.05) is 0 Å². The van der Waals surface area contributed by atoms with Gasteiger partial charge in [0.25, 0.3) is 0 Å². The maximum atomic E-state index is 12.6. The quantitative estimate of drug-likeness (QED) is 0.478. The van der Waals surface area contributed by atoms with Crippen LogP contribution in [0, 0.1) is 0 Å². The zero-order chi connectivity index (χ0) is 17.3. The number of nitrogens with zero attached hydrogens (tertiary/aromatic N) is 2. The van der Waals surface area contributed by atoms with Gasteiger partial charge in [0.1, 0.15) is 0 Å². The number of halogens is 3. The molecule has 0 unspecified atom stereocenters. The van der Waals surface area contributed by atoms with Crippen LogP contribution in [-0.2, 0) is 14.3 Å². The average molecular weight is 338 g/mol. The van der Waals surface area contributed by atoms with Gasteiger partial charge in [0.15, 0.2) is 0 Å². The number of likely N-dealkylation sites (tertiary alicyclic amines) is 1. The summed E-state index contributed by atoms with van der Waals surface area (Å²) in [5, 5.41) is 0. The lowest BCUT2D eigenvalue weighted by molar-refractivity contribution is -0.185. The molecule has 1 aliphatic rings. The number of alkyl halides is 3. The fourth-order valence-electron chi connectivity index (χ4n) is 2.60. The molecule has 0 aromatic heterocycles. The van der Waals surface area contributed by atoms with E-state index in [-0.39, 0.29) is 26.1 Å². The van der Waals surface area contributed by atoms with E-state index < -0.39 is 18.1 Å². The summed E-state index contributed by atoms with van der Waals surface area (Å²) in [4.78, 5) is 25.7. The van der Waals surface area contributed by atoms with Crippen molar-refractivity contribution < 1.29 is 27.5 Å². The van der Waals surface area contributed by atoms with Crippen LogP contribution in [0.4, 0.5) is 13.2 Å². The van der Waals surface area contributed by atoms with Crippen LogP contribution < -0.4 is 0 Å². The van der Waals surface area contributed by atoms with Crippen molar-refractivity contribution in [2.75, 3.05) is 39.3 Å². The van der Waals surface area contributed by atoms with E-state index in [9.17, 15) is 22.8 Å². The van der Waals surface area contributed by atoms with Crippen molar-refractivity contribution in [1.29, 1.82) is 0 Å². The maximum Gasteiger partial charge on any atom is 0.471 e. The number of hydrogen-bond donors (Lipinski definition) is 0. The van der Waals surface area contributed by atoms with Crippen LogP contribution in [-0.4, -0.2) is 67.2 Å².